The first-order chi connectivity index (χ1) is 13.0. The minimum absolute atomic E-state index is 0.150. The number of unbranched alkanes of at least 4 members (excludes halogenated alkanes) is 2. The number of rotatable bonds is 12. The minimum Gasteiger partial charge on any atom is -0.481 e. The van der Waals surface area contributed by atoms with Crippen molar-refractivity contribution in [1.82, 2.24) is 0 Å². The summed E-state index contributed by atoms with van der Waals surface area (Å²) in [6.45, 7) is 0. The van der Waals surface area contributed by atoms with Crippen LogP contribution >= 0.6 is 11.3 Å². The molecule has 3 unspecified atom stereocenters. The van der Waals surface area contributed by atoms with Gasteiger partial charge in [-0.2, -0.15) is 11.3 Å². The SMILES string of the molecule is O=C(O)CCCC=CCC1C(C(O)CCCCc2ccsc2)[C@H](O)C[C@@H]1O. The molecule has 5 nitrogen and oxygen atoms in total. The van der Waals surface area contributed by atoms with Crippen molar-refractivity contribution in [3.63, 3.8) is 0 Å². The van der Waals surface area contributed by atoms with Gasteiger partial charge in [0.15, 0.2) is 0 Å². The first-order valence-electron chi connectivity index (χ1n) is 9.91. The third-order valence-electron chi connectivity index (χ3n) is 5.49. The summed E-state index contributed by atoms with van der Waals surface area (Å²) < 4.78 is 0. The van der Waals surface area contributed by atoms with Crippen LogP contribution in [0.5, 0.6) is 0 Å². The van der Waals surface area contributed by atoms with Crippen LogP contribution in [0.2, 0.25) is 0 Å². The number of allylic oxidation sites excluding steroid dienone is 2. The highest BCUT2D eigenvalue weighted by atomic mass is 32.1. The summed E-state index contributed by atoms with van der Waals surface area (Å²) >= 11 is 1.69. The zero-order valence-corrected chi connectivity index (χ0v) is 16.6. The first-order valence-corrected chi connectivity index (χ1v) is 10.9. The van der Waals surface area contributed by atoms with Gasteiger partial charge in [0.1, 0.15) is 0 Å². The number of aliphatic hydroxyl groups is 3. The Labute approximate surface area is 165 Å². The zero-order chi connectivity index (χ0) is 19.6. The highest BCUT2D eigenvalue weighted by Gasteiger charge is 2.44. The second kappa shape index (κ2) is 11.6. The highest BCUT2D eigenvalue weighted by molar-refractivity contribution is 7.07. The first kappa shape index (κ1) is 22.1. The molecule has 27 heavy (non-hydrogen) atoms. The van der Waals surface area contributed by atoms with Gasteiger partial charge in [-0.3, -0.25) is 4.79 Å². The van der Waals surface area contributed by atoms with E-state index in [9.17, 15) is 20.1 Å². The lowest BCUT2D eigenvalue weighted by Crippen LogP contribution is -2.33. The monoisotopic (exact) mass is 396 g/mol. The molecule has 0 aromatic carbocycles. The molecule has 4 N–H and O–H groups in total. The van der Waals surface area contributed by atoms with Crippen LogP contribution in [0.25, 0.3) is 0 Å². The van der Waals surface area contributed by atoms with Crippen LogP contribution in [0, 0.1) is 11.8 Å². The summed E-state index contributed by atoms with van der Waals surface area (Å²) in [6, 6.07) is 2.12. The largest absolute Gasteiger partial charge is 0.481 e. The molecule has 1 fully saturated rings. The summed E-state index contributed by atoms with van der Waals surface area (Å²) in [7, 11) is 0. The summed E-state index contributed by atoms with van der Waals surface area (Å²) in [5.41, 5.74) is 1.33. The number of aliphatic hydroxyl groups excluding tert-OH is 3. The molecule has 1 aliphatic carbocycles. The maximum Gasteiger partial charge on any atom is 0.303 e. The topological polar surface area (TPSA) is 98.0 Å². The number of hydrogen-bond donors (Lipinski definition) is 4. The number of thiophene rings is 1. The van der Waals surface area contributed by atoms with E-state index < -0.39 is 24.3 Å². The second-order valence-corrected chi connectivity index (χ2v) is 8.33. The van der Waals surface area contributed by atoms with Crippen LogP contribution in [-0.2, 0) is 11.2 Å². The molecule has 0 bridgehead atoms. The average Bonchev–Trinajstić information content (AvgIpc) is 3.22. The van der Waals surface area contributed by atoms with Gasteiger partial charge < -0.3 is 20.4 Å². The molecule has 1 saturated carbocycles. The molecule has 1 heterocycles. The molecule has 5 atom stereocenters. The van der Waals surface area contributed by atoms with Gasteiger partial charge in [0.05, 0.1) is 18.3 Å². The van der Waals surface area contributed by atoms with Crippen LogP contribution < -0.4 is 0 Å². The Morgan fingerprint density at radius 1 is 1.22 bits per heavy atom. The predicted octanol–water partition coefficient (Wildman–Crippen LogP) is 3.38. The Hall–Kier alpha value is -1.21. The Balaban J connectivity index is 1.75. The summed E-state index contributed by atoms with van der Waals surface area (Å²) in [5.74, 6) is -1.24. The van der Waals surface area contributed by atoms with Crippen molar-refractivity contribution in [2.24, 2.45) is 11.8 Å². The molecular weight excluding hydrogens is 364 g/mol. The molecule has 0 aliphatic heterocycles. The lowest BCUT2D eigenvalue weighted by Gasteiger charge is -2.27. The quantitative estimate of drug-likeness (QED) is 0.321. The van der Waals surface area contributed by atoms with E-state index in [0.717, 1.165) is 19.3 Å². The maximum atomic E-state index is 10.6. The number of aryl methyl sites for hydroxylation is 1. The van der Waals surface area contributed by atoms with E-state index in [0.29, 0.717) is 32.1 Å². The van der Waals surface area contributed by atoms with E-state index in [1.807, 2.05) is 12.2 Å². The van der Waals surface area contributed by atoms with E-state index in [-0.39, 0.29) is 18.3 Å². The van der Waals surface area contributed by atoms with Crippen LogP contribution in [-0.4, -0.2) is 44.7 Å². The normalized spacial score (nSPS) is 26.6. The smallest absolute Gasteiger partial charge is 0.303 e. The summed E-state index contributed by atoms with van der Waals surface area (Å²) in [5, 5.41) is 44.0. The molecule has 6 heteroatoms. The van der Waals surface area contributed by atoms with Crippen molar-refractivity contribution < 1.29 is 25.2 Å². The van der Waals surface area contributed by atoms with Crippen LogP contribution in [0.1, 0.15) is 56.9 Å². The Bertz CT molecular complexity index is 571. The second-order valence-electron chi connectivity index (χ2n) is 7.55. The highest BCUT2D eigenvalue weighted by Crippen LogP contribution is 2.38. The number of hydrogen-bond acceptors (Lipinski definition) is 5. The Morgan fingerprint density at radius 2 is 2.04 bits per heavy atom. The fourth-order valence-electron chi connectivity index (χ4n) is 4.03. The van der Waals surface area contributed by atoms with Crippen molar-refractivity contribution in [3.8, 4) is 0 Å². The molecule has 0 amide bonds. The van der Waals surface area contributed by atoms with Gasteiger partial charge in [-0.05, 0) is 73.3 Å². The van der Waals surface area contributed by atoms with Crippen molar-refractivity contribution in [2.75, 3.05) is 0 Å². The molecule has 1 aromatic heterocycles. The van der Waals surface area contributed by atoms with Gasteiger partial charge in [0.2, 0.25) is 0 Å². The van der Waals surface area contributed by atoms with Crippen molar-refractivity contribution in [1.29, 1.82) is 0 Å². The van der Waals surface area contributed by atoms with Gasteiger partial charge in [-0.15, -0.1) is 0 Å². The minimum atomic E-state index is -0.792. The molecule has 0 saturated heterocycles. The molecule has 152 valence electrons. The van der Waals surface area contributed by atoms with E-state index in [1.165, 1.54) is 5.56 Å². The Morgan fingerprint density at radius 3 is 2.74 bits per heavy atom. The standard InChI is InChI=1S/C21H32O5S/c22-17(9-6-5-7-15-11-12-27-14-15)21-16(18(23)13-19(21)24)8-3-1-2-4-10-20(25)26/h1,3,11-12,14,16-19,21-24H,2,4-10,13H2,(H,25,26)/t16?,17?,18-,19+,21?/m0/s1. The summed E-state index contributed by atoms with van der Waals surface area (Å²) in [4.78, 5) is 10.5. The van der Waals surface area contributed by atoms with Gasteiger partial charge in [-0.25, -0.2) is 0 Å². The van der Waals surface area contributed by atoms with Crippen molar-refractivity contribution in [2.45, 2.75) is 76.1 Å². The van der Waals surface area contributed by atoms with Crippen LogP contribution in [0.15, 0.2) is 29.0 Å². The zero-order valence-electron chi connectivity index (χ0n) is 15.7. The fourth-order valence-corrected chi connectivity index (χ4v) is 4.73. The van der Waals surface area contributed by atoms with E-state index >= 15 is 0 Å². The molecule has 0 radical (unpaired) electrons. The number of aliphatic carboxylic acids is 1. The third kappa shape index (κ3) is 7.37. The number of carboxylic acid groups (broad SMARTS) is 1. The van der Waals surface area contributed by atoms with Gasteiger partial charge in [-0.1, -0.05) is 18.6 Å². The van der Waals surface area contributed by atoms with Gasteiger partial charge in [0.25, 0.3) is 0 Å². The number of carbonyl (C=O) groups is 1. The molecule has 0 spiro atoms. The fraction of sp³-hybridized carbons (Fsp3) is 0.667. The summed E-state index contributed by atoms with van der Waals surface area (Å²) in [6.07, 6.45) is 7.90. The van der Waals surface area contributed by atoms with E-state index in [4.69, 9.17) is 5.11 Å². The van der Waals surface area contributed by atoms with Crippen LogP contribution in [0.3, 0.4) is 0 Å². The average molecular weight is 397 g/mol. The van der Waals surface area contributed by atoms with Crippen molar-refractivity contribution in [3.05, 3.63) is 34.5 Å². The Kier molecular flexibility index (Phi) is 9.48. The van der Waals surface area contributed by atoms with E-state index in [2.05, 4.69) is 16.8 Å². The predicted molar refractivity (Wildman–Crippen MR) is 107 cm³/mol. The maximum absolute atomic E-state index is 10.6. The van der Waals surface area contributed by atoms with Crippen molar-refractivity contribution >= 4 is 17.3 Å². The molecule has 2 rings (SSSR count). The van der Waals surface area contributed by atoms with Gasteiger partial charge >= 0.3 is 5.97 Å². The van der Waals surface area contributed by atoms with Crippen LogP contribution in [0.4, 0.5) is 0 Å². The molecule has 1 aromatic rings. The molecule has 1 aliphatic rings. The number of carboxylic acids is 1. The lowest BCUT2D eigenvalue weighted by molar-refractivity contribution is -0.137. The molecular formula is C21H32O5S. The van der Waals surface area contributed by atoms with Gasteiger partial charge in [0, 0.05) is 12.3 Å². The lowest BCUT2D eigenvalue weighted by atomic mass is 9.84. The van der Waals surface area contributed by atoms with E-state index in [1.54, 1.807) is 11.3 Å². The third-order valence-corrected chi connectivity index (χ3v) is 6.22.